The van der Waals surface area contributed by atoms with Crippen LogP contribution in [-0.2, 0) is 0 Å². The van der Waals surface area contributed by atoms with Gasteiger partial charge in [0.05, 0.1) is 25.8 Å². The molecule has 1 aliphatic rings. The molecule has 0 aromatic heterocycles. The predicted octanol–water partition coefficient (Wildman–Crippen LogP) is 4.29. The van der Waals surface area contributed by atoms with Crippen LogP contribution in [0.5, 0.6) is 11.5 Å². The number of rotatable bonds is 4. The van der Waals surface area contributed by atoms with E-state index in [4.69, 9.17) is 9.47 Å². The Kier molecular flexibility index (Phi) is 5.28. The highest BCUT2D eigenvalue weighted by molar-refractivity contribution is 14.1. The Balaban J connectivity index is 1.94. The molecule has 0 aliphatic carbocycles. The Bertz CT molecular complexity index is 733. The lowest BCUT2D eigenvalue weighted by Gasteiger charge is -2.26. The quantitative estimate of drug-likeness (QED) is 0.671. The first-order chi connectivity index (χ1) is 11.7. The Hall–Kier alpha value is -1.76. The number of hydrogen-bond donors (Lipinski definition) is 0. The number of benzene rings is 2. The topological polar surface area (TPSA) is 38.8 Å². The smallest absolute Gasteiger partial charge is 0.255 e. The van der Waals surface area contributed by atoms with Gasteiger partial charge in [-0.15, -0.1) is 0 Å². The molecule has 1 aliphatic heterocycles. The van der Waals surface area contributed by atoms with Gasteiger partial charge in [-0.25, -0.2) is 0 Å². The molecule has 3 rings (SSSR count). The minimum atomic E-state index is 0.0479. The summed E-state index contributed by atoms with van der Waals surface area (Å²) in [5.74, 6) is 1.27. The first-order valence-corrected chi connectivity index (χ1v) is 9.01. The molecule has 1 unspecified atom stereocenters. The Morgan fingerprint density at radius 3 is 2.46 bits per heavy atom. The average Bonchev–Trinajstić information content (AvgIpc) is 3.11. The summed E-state index contributed by atoms with van der Waals surface area (Å²) in [6.07, 6.45) is 2.02. The van der Waals surface area contributed by atoms with Crippen molar-refractivity contribution in [3.63, 3.8) is 0 Å². The van der Waals surface area contributed by atoms with Gasteiger partial charge >= 0.3 is 0 Å². The van der Waals surface area contributed by atoms with Crippen LogP contribution in [0.4, 0.5) is 0 Å². The van der Waals surface area contributed by atoms with Crippen LogP contribution in [0, 0.1) is 3.57 Å². The van der Waals surface area contributed by atoms with Crippen LogP contribution < -0.4 is 9.47 Å². The molecular weight excluding hydrogens is 417 g/mol. The van der Waals surface area contributed by atoms with Crippen molar-refractivity contribution in [1.29, 1.82) is 0 Å². The van der Waals surface area contributed by atoms with Crippen LogP contribution in [0.25, 0.3) is 0 Å². The largest absolute Gasteiger partial charge is 0.493 e. The van der Waals surface area contributed by atoms with E-state index in [1.165, 1.54) is 5.56 Å². The lowest BCUT2D eigenvalue weighted by atomic mass is 10.0. The monoisotopic (exact) mass is 437 g/mol. The van der Waals surface area contributed by atoms with Crippen molar-refractivity contribution >= 4 is 28.5 Å². The molecule has 1 amide bonds. The minimum Gasteiger partial charge on any atom is -0.493 e. The summed E-state index contributed by atoms with van der Waals surface area (Å²) in [5, 5.41) is 0. The Labute approximate surface area is 155 Å². The second-order valence-electron chi connectivity index (χ2n) is 5.75. The van der Waals surface area contributed by atoms with Crippen LogP contribution in [0.1, 0.15) is 34.8 Å². The molecule has 0 radical (unpaired) electrons. The second kappa shape index (κ2) is 7.42. The molecule has 24 heavy (non-hydrogen) atoms. The van der Waals surface area contributed by atoms with E-state index in [0.717, 1.165) is 23.0 Å². The number of carbonyl (C=O) groups is 1. The fraction of sp³-hybridized carbons (Fsp3) is 0.316. The fourth-order valence-corrected chi connectivity index (χ4v) is 3.87. The van der Waals surface area contributed by atoms with E-state index in [0.29, 0.717) is 17.1 Å². The van der Waals surface area contributed by atoms with Gasteiger partial charge in [0.2, 0.25) is 0 Å². The van der Waals surface area contributed by atoms with Crippen LogP contribution in [0.15, 0.2) is 42.5 Å². The zero-order valence-electron chi connectivity index (χ0n) is 13.8. The molecule has 0 N–H and O–H groups in total. The second-order valence-corrected chi connectivity index (χ2v) is 6.92. The predicted molar refractivity (Wildman–Crippen MR) is 102 cm³/mol. The van der Waals surface area contributed by atoms with E-state index in [1.54, 1.807) is 20.3 Å². The maximum Gasteiger partial charge on any atom is 0.255 e. The van der Waals surface area contributed by atoms with Crippen molar-refractivity contribution < 1.29 is 14.3 Å². The van der Waals surface area contributed by atoms with Crippen LogP contribution in [0.3, 0.4) is 0 Å². The Morgan fingerprint density at radius 1 is 1.12 bits per heavy atom. The van der Waals surface area contributed by atoms with Crippen molar-refractivity contribution in [3.8, 4) is 11.5 Å². The molecule has 4 nitrogen and oxygen atoms in total. The maximum atomic E-state index is 13.1. The molecule has 1 atom stereocenters. The van der Waals surface area contributed by atoms with Gasteiger partial charge in [-0.1, -0.05) is 30.3 Å². The van der Waals surface area contributed by atoms with E-state index in [-0.39, 0.29) is 11.9 Å². The molecule has 1 saturated heterocycles. The van der Waals surface area contributed by atoms with Gasteiger partial charge in [0.25, 0.3) is 5.91 Å². The van der Waals surface area contributed by atoms with Crippen LogP contribution in [0.2, 0.25) is 0 Å². The standard InChI is InChI=1S/C19H20INO3/c1-23-17-11-14(15(20)12-18(17)24-2)19(22)21-10-6-9-16(21)13-7-4-3-5-8-13/h3-5,7-8,11-12,16H,6,9-10H2,1-2H3. The van der Waals surface area contributed by atoms with Crippen molar-refractivity contribution in [3.05, 3.63) is 57.2 Å². The molecule has 2 aromatic rings. The highest BCUT2D eigenvalue weighted by Crippen LogP contribution is 2.36. The minimum absolute atomic E-state index is 0.0479. The average molecular weight is 437 g/mol. The number of likely N-dealkylation sites (tertiary alicyclic amines) is 1. The lowest BCUT2D eigenvalue weighted by Crippen LogP contribution is -2.31. The summed E-state index contributed by atoms with van der Waals surface area (Å²) in [6.45, 7) is 0.781. The highest BCUT2D eigenvalue weighted by Gasteiger charge is 2.31. The summed E-state index contributed by atoms with van der Waals surface area (Å²) < 4.78 is 11.5. The first kappa shape index (κ1) is 17.1. The molecule has 0 spiro atoms. The molecule has 0 bridgehead atoms. The molecule has 5 heteroatoms. The van der Waals surface area contributed by atoms with Crippen molar-refractivity contribution in [2.45, 2.75) is 18.9 Å². The number of carbonyl (C=O) groups excluding carboxylic acids is 1. The molecular formula is C19H20INO3. The molecule has 1 fully saturated rings. The van der Waals surface area contributed by atoms with Gasteiger partial charge in [-0.05, 0) is 53.1 Å². The van der Waals surface area contributed by atoms with Gasteiger partial charge in [0.1, 0.15) is 0 Å². The summed E-state index contributed by atoms with van der Waals surface area (Å²) >= 11 is 2.18. The van der Waals surface area contributed by atoms with Crippen LogP contribution in [-0.4, -0.2) is 31.6 Å². The number of methoxy groups -OCH3 is 2. The summed E-state index contributed by atoms with van der Waals surface area (Å²) in [5.41, 5.74) is 1.86. The van der Waals surface area contributed by atoms with Crippen molar-refractivity contribution in [2.24, 2.45) is 0 Å². The number of ether oxygens (including phenoxy) is 2. The summed E-state index contributed by atoms with van der Waals surface area (Å²) in [6, 6.07) is 14.0. The normalized spacial score (nSPS) is 17.0. The highest BCUT2D eigenvalue weighted by atomic mass is 127. The lowest BCUT2D eigenvalue weighted by molar-refractivity contribution is 0.0734. The van der Waals surface area contributed by atoms with E-state index < -0.39 is 0 Å². The molecule has 1 heterocycles. The van der Waals surface area contributed by atoms with E-state index >= 15 is 0 Å². The molecule has 2 aromatic carbocycles. The first-order valence-electron chi connectivity index (χ1n) is 7.93. The number of nitrogens with zero attached hydrogens (tertiary/aromatic N) is 1. The third kappa shape index (κ3) is 3.22. The number of halogens is 1. The van der Waals surface area contributed by atoms with Crippen LogP contribution >= 0.6 is 22.6 Å². The zero-order valence-corrected chi connectivity index (χ0v) is 15.9. The third-order valence-electron chi connectivity index (χ3n) is 4.40. The fourth-order valence-electron chi connectivity index (χ4n) is 3.20. The van der Waals surface area contributed by atoms with Gasteiger partial charge in [-0.3, -0.25) is 4.79 Å². The number of hydrogen-bond acceptors (Lipinski definition) is 3. The van der Waals surface area contributed by atoms with Gasteiger partial charge in [0, 0.05) is 10.1 Å². The SMILES string of the molecule is COc1cc(I)c(C(=O)N2CCCC2c2ccccc2)cc1OC. The maximum absolute atomic E-state index is 13.1. The molecule has 0 saturated carbocycles. The number of amides is 1. The summed E-state index contributed by atoms with van der Waals surface area (Å²) in [7, 11) is 3.18. The van der Waals surface area contributed by atoms with Gasteiger partial charge in [-0.2, -0.15) is 0 Å². The van der Waals surface area contributed by atoms with Crippen molar-refractivity contribution in [1.82, 2.24) is 4.90 Å². The van der Waals surface area contributed by atoms with E-state index in [1.807, 2.05) is 29.2 Å². The molecule has 126 valence electrons. The van der Waals surface area contributed by atoms with Gasteiger partial charge < -0.3 is 14.4 Å². The summed E-state index contributed by atoms with van der Waals surface area (Å²) in [4.78, 5) is 15.1. The third-order valence-corrected chi connectivity index (χ3v) is 5.29. The van der Waals surface area contributed by atoms with E-state index in [2.05, 4.69) is 34.7 Å². The zero-order chi connectivity index (χ0) is 17.1. The van der Waals surface area contributed by atoms with Crippen molar-refractivity contribution in [2.75, 3.05) is 20.8 Å². The van der Waals surface area contributed by atoms with E-state index in [9.17, 15) is 4.79 Å². The Morgan fingerprint density at radius 2 is 1.79 bits per heavy atom. The van der Waals surface area contributed by atoms with Gasteiger partial charge in [0.15, 0.2) is 11.5 Å².